The first-order valence-electron chi connectivity index (χ1n) is 33.8. The molecule has 0 fully saturated rings. The van der Waals surface area contributed by atoms with Crippen LogP contribution in [0.2, 0.25) is 0 Å². The molecule has 0 saturated carbocycles. The van der Waals surface area contributed by atoms with E-state index in [4.69, 9.17) is 8.83 Å². The highest BCUT2D eigenvalue weighted by molar-refractivity contribution is 6.18. The fourth-order valence-electron chi connectivity index (χ4n) is 17.3. The van der Waals surface area contributed by atoms with Crippen LogP contribution in [-0.2, 0) is 10.8 Å². The normalized spacial score (nSPS) is 15.2. The van der Waals surface area contributed by atoms with Gasteiger partial charge in [-0.2, -0.15) is 0 Å². The van der Waals surface area contributed by atoms with Gasteiger partial charge in [-0.25, -0.2) is 0 Å². The van der Waals surface area contributed by atoms with Gasteiger partial charge in [0.2, 0.25) is 0 Å². The highest BCUT2D eigenvalue weighted by atomic mass is 16.3. The lowest BCUT2D eigenvalue weighted by Gasteiger charge is -2.51. The predicted octanol–water partition coefficient (Wildman–Crippen LogP) is 25.4. The van der Waals surface area contributed by atoms with Crippen LogP contribution in [0.25, 0.3) is 110 Å². The average molecular weight is 1250 g/mol. The zero-order chi connectivity index (χ0) is 64.5. The maximum Gasteiger partial charge on any atom is 0.159 e. The van der Waals surface area contributed by atoms with Crippen LogP contribution in [0.4, 0.5) is 34.1 Å². The number of fused-ring (bicyclic) bond motifs is 16. The fourth-order valence-corrected chi connectivity index (χ4v) is 17.3. The molecule has 20 rings (SSSR count). The molecule has 0 bridgehead atoms. The van der Waals surface area contributed by atoms with E-state index in [-0.39, 0.29) is 0 Å². The molecule has 98 heavy (non-hydrogen) atoms. The molecule has 2 aromatic heterocycles. The quantitative estimate of drug-likeness (QED) is 0.129. The third kappa shape index (κ3) is 7.94. The molecule has 2 atom stereocenters. The highest BCUT2D eigenvalue weighted by Crippen LogP contribution is 2.72. The second-order valence-corrected chi connectivity index (χ2v) is 26.1. The standard InChI is InChI=1S/C94H60N2O2/c1-5-27-61(28-6-1)63-51-55-67(56-52-63)95(83-47-25-43-75-71-37-19-23-49-87(71)97-91(75)83)85-59-81-89(73-39-15-13-35-69(73)85)77-41-17-21-45-79(77)93(81,65-31-9-3-10-32-65)94(66-33-11-4-12-34-66)80-46-22-18-42-78(80)90-74-40-16-14-36-70(74)86(60-82(90)94)96(68-57-53-64(54-58-68)62-29-7-2-8-30-62)84-48-26-44-76-72-38-20-24-50-88(72)98-92(76)84/h1-60H. The SMILES string of the molecule is c1ccc(-c2ccc(N(c3cc4c(c5ccccc35)-c3ccccc3C4(c3ccccc3)C3(c4ccccc4)c4ccccc4-c4c3cc(N(c3ccc(-c5ccccc5)cc3)c3cccc5c3oc3ccccc35)c3ccccc43)c3cccc4c3oc3ccccc34)cc2)cc1. The van der Waals surface area contributed by atoms with Crippen LogP contribution in [0.3, 0.4) is 0 Å². The molecule has 458 valence electrons. The molecule has 4 heteroatoms. The lowest BCUT2D eigenvalue weighted by atomic mass is 9.49. The lowest BCUT2D eigenvalue weighted by Crippen LogP contribution is -2.50. The molecule has 0 aliphatic heterocycles. The molecule has 0 N–H and O–H groups in total. The van der Waals surface area contributed by atoms with E-state index in [1.807, 2.05) is 0 Å². The van der Waals surface area contributed by atoms with Gasteiger partial charge >= 0.3 is 0 Å². The van der Waals surface area contributed by atoms with Crippen molar-refractivity contribution in [3.63, 3.8) is 0 Å². The van der Waals surface area contributed by atoms with Gasteiger partial charge in [0.25, 0.3) is 0 Å². The van der Waals surface area contributed by atoms with Gasteiger partial charge in [-0.05, 0) is 149 Å². The molecule has 0 radical (unpaired) electrons. The minimum atomic E-state index is -1.02. The second kappa shape index (κ2) is 21.9. The Morgan fingerprint density at radius 2 is 0.531 bits per heavy atom. The number of furan rings is 2. The van der Waals surface area contributed by atoms with Crippen LogP contribution < -0.4 is 9.80 Å². The Morgan fingerprint density at radius 1 is 0.214 bits per heavy atom. The summed E-state index contributed by atoms with van der Waals surface area (Å²) in [5.74, 6) is 0. The van der Waals surface area contributed by atoms with Gasteiger partial charge in [-0.15, -0.1) is 0 Å². The number of benzene rings is 16. The number of anilines is 6. The van der Waals surface area contributed by atoms with E-state index in [9.17, 15) is 0 Å². The number of hydrogen-bond acceptors (Lipinski definition) is 4. The first kappa shape index (κ1) is 55.7. The molecule has 4 nitrogen and oxygen atoms in total. The molecule has 0 amide bonds. The molecule has 2 aliphatic rings. The van der Waals surface area contributed by atoms with E-state index in [1.165, 1.54) is 55.6 Å². The summed E-state index contributed by atoms with van der Waals surface area (Å²) in [4.78, 5) is 4.97. The lowest BCUT2D eigenvalue weighted by molar-refractivity contribution is 0.438. The monoisotopic (exact) mass is 1250 g/mol. The molecule has 16 aromatic carbocycles. The van der Waals surface area contributed by atoms with Crippen molar-refractivity contribution < 1.29 is 8.83 Å². The predicted molar refractivity (Wildman–Crippen MR) is 406 cm³/mol. The Bertz CT molecular complexity index is 5800. The first-order valence-corrected chi connectivity index (χ1v) is 33.8. The van der Waals surface area contributed by atoms with E-state index in [1.54, 1.807) is 0 Å². The zero-order valence-corrected chi connectivity index (χ0v) is 53.4. The van der Waals surface area contributed by atoms with Crippen molar-refractivity contribution in [1.82, 2.24) is 0 Å². The number of rotatable bonds is 11. The molecule has 0 spiro atoms. The molecule has 2 heterocycles. The number of nitrogens with zero attached hydrogens (tertiary/aromatic N) is 2. The van der Waals surface area contributed by atoms with Crippen molar-refractivity contribution in [2.45, 2.75) is 10.8 Å². The highest BCUT2D eigenvalue weighted by Gasteiger charge is 2.65. The minimum Gasteiger partial charge on any atom is -0.454 e. The third-order valence-electron chi connectivity index (χ3n) is 21.2. The van der Waals surface area contributed by atoms with Crippen LogP contribution >= 0.6 is 0 Å². The van der Waals surface area contributed by atoms with Crippen molar-refractivity contribution >= 4 is 99.5 Å². The van der Waals surface area contributed by atoms with Gasteiger partial charge in [0.1, 0.15) is 11.2 Å². The zero-order valence-electron chi connectivity index (χ0n) is 53.4. The van der Waals surface area contributed by atoms with Gasteiger partial charge < -0.3 is 18.6 Å². The van der Waals surface area contributed by atoms with E-state index < -0.39 is 10.8 Å². The van der Waals surface area contributed by atoms with Gasteiger partial charge in [0.05, 0.1) is 33.6 Å². The summed E-state index contributed by atoms with van der Waals surface area (Å²) >= 11 is 0. The van der Waals surface area contributed by atoms with Crippen LogP contribution in [0.1, 0.15) is 33.4 Å². The smallest absolute Gasteiger partial charge is 0.159 e. The molecule has 2 unspecified atom stereocenters. The van der Waals surface area contributed by atoms with Crippen molar-refractivity contribution in [3.05, 3.63) is 397 Å². The van der Waals surface area contributed by atoms with E-state index >= 15 is 0 Å². The van der Waals surface area contributed by atoms with Crippen molar-refractivity contribution in [3.8, 4) is 44.5 Å². The molecule has 2 aliphatic carbocycles. The summed E-state index contributed by atoms with van der Waals surface area (Å²) in [6, 6.07) is 135. The topological polar surface area (TPSA) is 32.8 Å². The summed E-state index contributed by atoms with van der Waals surface area (Å²) in [5.41, 5.74) is 23.9. The van der Waals surface area contributed by atoms with Gasteiger partial charge in [-0.1, -0.05) is 303 Å². The van der Waals surface area contributed by atoms with E-state index in [2.05, 4.69) is 374 Å². The van der Waals surface area contributed by atoms with Crippen LogP contribution in [0, 0.1) is 0 Å². The number of para-hydroxylation sites is 4. The fraction of sp³-hybridized carbons (Fsp3) is 0.0213. The molecule has 18 aromatic rings. The summed E-state index contributed by atoms with van der Waals surface area (Å²) in [7, 11) is 0. The average Bonchev–Trinajstić information content (AvgIpc) is 1.45. The van der Waals surface area contributed by atoms with E-state index in [0.717, 1.165) is 122 Å². The van der Waals surface area contributed by atoms with Gasteiger partial charge in [0.15, 0.2) is 11.2 Å². The van der Waals surface area contributed by atoms with Crippen LogP contribution in [0.5, 0.6) is 0 Å². The van der Waals surface area contributed by atoms with Crippen LogP contribution in [0.15, 0.2) is 373 Å². The molecule has 0 saturated heterocycles. The Balaban J connectivity index is 0.943. The maximum atomic E-state index is 7.14. The Hall–Kier alpha value is -12.8. The first-order chi connectivity index (χ1) is 48.6. The Kier molecular flexibility index (Phi) is 12.4. The van der Waals surface area contributed by atoms with Crippen molar-refractivity contribution in [2.24, 2.45) is 0 Å². The largest absolute Gasteiger partial charge is 0.454 e. The molecular weight excluding hydrogens is 1190 g/mol. The third-order valence-corrected chi connectivity index (χ3v) is 21.2. The maximum absolute atomic E-state index is 7.14. The number of hydrogen-bond donors (Lipinski definition) is 0. The van der Waals surface area contributed by atoms with Gasteiger partial charge in [0, 0.05) is 43.7 Å². The Morgan fingerprint density at radius 3 is 0.939 bits per heavy atom. The summed E-state index contributed by atoms with van der Waals surface area (Å²) in [6.45, 7) is 0. The van der Waals surface area contributed by atoms with Crippen molar-refractivity contribution in [2.75, 3.05) is 9.80 Å². The summed E-state index contributed by atoms with van der Waals surface area (Å²) in [6.07, 6.45) is 0. The van der Waals surface area contributed by atoms with Crippen molar-refractivity contribution in [1.29, 1.82) is 0 Å². The van der Waals surface area contributed by atoms with E-state index in [0.29, 0.717) is 0 Å². The minimum absolute atomic E-state index is 0.819. The Labute approximate surface area is 567 Å². The second-order valence-electron chi connectivity index (χ2n) is 26.1. The molecular formula is C94H60N2O2. The summed E-state index contributed by atoms with van der Waals surface area (Å²) < 4.78 is 14.3. The summed E-state index contributed by atoms with van der Waals surface area (Å²) in [5, 5.41) is 8.83. The van der Waals surface area contributed by atoms with Crippen LogP contribution in [-0.4, -0.2) is 0 Å². The van der Waals surface area contributed by atoms with Gasteiger partial charge in [-0.3, -0.25) is 0 Å².